The minimum Gasteiger partial charge on any atom is -0.504 e. The number of pyridine rings is 1. The lowest BCUT2D eigenvalue weighted by molar-refractivity contribution is 0.0526. The van der Waals surface area contributed by atoms with Crippen molar-refractivity contribution in [1.29, 1.82) is 5.41 Å². The monoisotopic (exact) mass is 620 g/mol. The van der Waals surface area contributed by atoms with Crippen molar-refractivity contribution >= 4 is 17.7 Å². The highest BCUT2D eigenvalue weighted by molar-refractivity contribution is 5.95. The average molecular weight is 621 g/mol. The number of nitrogens with one attached hydrogen (secondary N) is 1. The van der Waals surface area contributed by atoms with Gasteiger partial charge in [-0.25, -0.2) is 4.79 Å². The number of halogens is 2. The van der Waals surface area contributed by atoms with Crippen LogP contribution in [0.4, 0.5) is 8.78 Å². The maximum atomic E-state index is 16.0. The fraction of sp³-hybridized carbons (Fsp3) is 0.188. The largest absolute Gasteiger partial charge is 0.504 e. The number of rotatable bonds is 10. The summed E-state index contributed by atoms with van der Waals surface area (Å²) in [5.41, 5.74) is 6.85. The normalized spacial score (nSPS) is 10.6. The Morgan fingerprint density at radius 3 is 2.13 bits per heavy atom. The average Bonchev–Trinajstić information content (AvgIpc) is 2.99. The third kappa shape index (κ3) is 7.09. The van der Waals surface area contributed by atoms with E-state index >= 15 is 8.78 Å². The van der Waals surface area contributed by atoms with Crippen LogP contribution in [0.5, 0.6) is 40.5 Å². The molecule has 1 amide bonds. The summed E-state index contributed by atoms with van der Waals surface area (Å²) >= 11 is 0. The SMILES string of the molecule is CCOC(=O)c1cc(C)c(Oc2c(F)c(Oc3cccc(C(=O)N(C)C)c3)nc(Oc3cc(C(=N)N)ccc3O)c2F)c(C)c1. The van der Waals surface area contributed by atoms with Crippen molar-refractivity contribution in [1.82, 2.24) is 9.88 Å². The van der Waals surface area contributed by atoms with E-state index in [0.29, 0.717) is 11.1 Å². The summed E-state index contributed by atoms with van der Waals surface area (Å²) in [4.78, 5) is 29.9. The highest BCUT2D eigenvalue weighted by Crippen LogP contribution is 2.42. The number of hydrogen-bond acceptors (Lipinski definition) is 9. The Morgan fingerprint density at radius 2 is 1.53 bits per heavy atom. The van der Waals surface area contributed by atoms with E-state index in [9.17, 15) is 14.7 Å². The molecule has 0 aliphatic carbocycles. The highest BCUT2D eigenvalue weighted by Gasteiger charge is 2.28. The number of esters is 1. The van der Waals surface area contributed by atoms with Gasteiger partial charge in [0.05, 0.1) is 12.2 Å². The Bertz CT molecular complexity index is 1790. The first-order chi connectivity index (χ1) is 21.3. The van der Waals surface area contributed by atoms with Gasteiger partial charge in [-0.1, -0.05) is 6.07 Å². The van der Waals surface area contributed by atoms with Gasteiger partial charge in [-0.3, -0.25) is 10.2 Å². The molecule has 0 spiro atoms. The van der Waals surface area contributed by atoms with Crippen molar-refractivity contribution in [3.63, 3.8) is 0 Å². The van der Waals surface area contributed by atoms with Crippen LogP contribution in [-0.4, -0.2) is 53.4 Å². The van der Waals surface area contributed by atoms with E-state index in [2.05, 4.69) is 4.98 Å². The number of aromatic nitrogens is 1. The number of nitrogen functional groups attached to an aromatic ring is 1. The zero-order valence-electron chi connectivity index (χ0n) is 25.0. The molecule has 0 unspecified atom stereocenters. The number of phenolic OH excluding ortho intramolecular Hbond substituents is 1. The molecule has 4 aromatic rings. The maximum absolute atomic E-state index is 16.0. The number of amides is 1. The molecule has 13 heteroatoms. The van der Waals surface area contributed by atoms with Gasteiger partial charge in [-0.15, -0.1) is 0 Å². The number of benzene rings is 3. The van der Waals surface area contributed by atoms with Gasteiger partial charge in [0.2, 0.25) is 17.4 Å². The van der Waals surface area contributed by atoms with Crippen molar-refractivity contribution in [2.75, 3.05) is 20.7 Å². The van der Waals surface area contributed by atoms with Crippen LogP contribution in [0.15, 0.2) is 54.6 Å². The van der Waals surface area contributed by atoms with Crippen LogP contribution in [-0.2, 0) is 4.74 Å². The Morgan fingerprint density at radius 1 is 0.889 bits per heavy atom. The number of aromatic hydroxyl groups is 1. The van der Waals surface area contributed by atoms with Gasteiger partial charge in [0, 0.05) is 25.2 Å². The Kier molecular flexibility index (Phi) is 9.51. The summed E-state index contributed by atoms with van der Waals surface area (Å²) < 4.78 is 53.9. The Labute approximate surface area is 257 Å². The summed E-state index contributed by atoms with van der Waals surface area (Å²) in [6, 6.07) is 12.4. The lowest BCUT2D eigenvalue weighted by atomic mass is 10.1. The molecule has 0 saturated carbocycles. The molecule has 0 fully saturated rings. The van der Waals surface area contributed by atoms with Gasteiger partial charge in [0.1, 0.15) is 17.3 Å². The number of phenols is 1. The van der Waals surface area contributed by atoms with Crippen molar-refractivity contribution < 1.29 is 42.4 Å². The minimum absolute atomic E-state index is 0.00909. The number of nitrogens with zero attached hydrogens (tertiary/aromatic N) is 2. The summed E-state index contributed by atoms with van der Waals surface area (Å²) in [7, 11) is 3.12. The summed E-state index contributed by atoms with van der Waals surface area (Å²) in [5.74, 6) is -7.39. The van der Waals surface area contributed by atoms with Crippen LogP contribution >= 0.6 is 0 Å². The Balaban J connectivity index is 1.84. The van der Waals surface area contributed by atoms with Crippen molar-refractivity contribution in [2.24, 2.45) is 5.73 Å². The van der Waals surface area contributed by atoms with E-state index in [-0.39, 0.29) is 52.3 Å². The molecule has 11 nitrogen and oxygen atoms in total. The number of ether oxygens (including phenoxy) is 4. The molecular weight excluding hydrogens is 590 g/mol. The van der Waals surface area contributed by atoms with Gasteiger partial charge in [0.25, 0.3) is 17.7 Å². The highest BCUT2D eigenvalue weighted by atomic mass is 19.1. The molecule has 3 aromatic carbocycles. The second kappa shape index (κ2) is 13.3. The fourth-order valence-electron chi connectivity index (χ4n) is 4.18. The molecule has 0 atom stereocenters. The van der Waals surface area contributed by atoms with E-state index in [1.807, 2.05) is 0 Å². The van der Waals surface area contributed by atoms with Crippen LogP contribution in [0, 0.1) is 30.9 Å². The number of carbonyl (C=O) groups is 2. The summed E-state index contributed by atoms with van der Waals surface area (Å²) in [5, 5.41) is 18.0. The third-order valence-corrected chi connectivity index (χ3v) is 6.33. The third-order valence-electron chi connectivity index (χ3n) is 6.33. The van der Waals surface area contributed by atoms with Crippen LogP contribution in [0.25, 0.3) is 0 Å². The zero-order chi connectivity index (χ0) is 33.0. The van der Waals surface area contributed by atoms with Crippen LogP contribution in [0.3, 0.4) is 0 Å². The zero-order valence-corrected chi connectivity index (χ0v) is 25.0. The van der Waals surface area contributed by atoms with Crippen LogP contribution in [0.1, 0.15) is 44.3 Å². The number of hydrogen-bond donors (Lipinski definition) is 3. The topological polar surface area (TPSA) is 157 Å². The molecule has 0 bridgehead atoms. The molecule has 0 aliphatic rings. The lowest BCUT2D eigenvalue weighted by Crippen LogP contribution is -2.21. The van der Waals surface area contributed by atoms with Crippen LogP contribution in [0.2, 0.25) is 0 Å². The number of aryl methyl sites for hydroxylation is 2. The number of nitrogens with two attached hydrogens (primary N) is 1. The minimum atomic E-state index is -1.39. The molecular formula is C32H30F2N4O7. The number of carbonyl (C=O) groups excluding carboxylic acids is 2. The molecule has 45 heavy (non-hydrogen) atoms. The van der Waals surface area contributed by atoms with Gasteiger partial charge in [0.15, 0.2) is 11.5 Å². The first-order valence-electron chi connectivity index (χ1n) is 13.5. The predicted octanol–water partition coefficient (Wildman–Crippen LogP) is 6.22. The van der Waals surface area contributed by atoms with Crippen molar-refractivity contribution in [3.05, 3.63) is 94.0 Å². The second-order valence-corrected chi connectivity index (χ2v) is 9.97. The molecule has 1 heterocycles. The van der Waals surface area contributed by atoms with E-state index in [4.69, 9.17) is 30.1 Å². The summed E-state index contributed by atoms with van der Waals surface area (Å²) in [6.45, 7) is 4.98. The van der Waals surface area contributed by atoms with Crippen LogP contribution < -0.4 is 19.9 Å². The molecule has 234 valence electrons. The van der Waals surface area contributed by atoms with E-state index in [1.165, 1.54) is 59.5 Å². The van der Waals surface area contributed by atoms with Crippen molar-refractivity contribution in [2.45, 2.75) is 20.8 Å². The maximum Gasteiger partial charge on any atom is 0.338 e. The predicted molar refractivity (Wildman–Crippen MR) is 160 cm³/mol. The molecule has 4 N–H and O–H groups in total. The lowest BCUT2D eigenvalue weighted by Gasteiger charge is -2.18. The standard InChI is InChI=1S/C32H30F2N4O7/c1-6-42-32(41)20-12-16(2)26(17(3)13-20)45-27-24(33)29(43-21-9-7-8-19(14-21)31(40)38(4)5)37-30(25(27)34)44-23-15-18(28(35)36)10-11-22(23)39/h7-15,39H,6H2,1-5H3,(H3,35,36). The molecule has 0 saturated heterocycles. The van der Waals surface area contributed by atoms with E-state index in [0.717, 1.165) is 0 Å². The smallest absolute Gasteiger partial charge is 0.338 e. The van der Waals surface area contributed by atoms with E-state index < -0.39 is 40.9 Å². The molecule has 0 aliphatic heterocycles. The molecule has 4 rings (SSSR count). The molecule has 1 aromatic heterocycles. The fourth-order valence-corrected chi connectivity index (χ4v) is 4.18. The van der Waals surface area contributed by atoms with Gasteiger partial charge >= 0.3 is 5.97 Å². The number of amidine groups is 1. The molecule has 0 radical (unpaired) electrons. The van der Waals surface area contributed by atoms with Gasteiger partial charge in [-0.2, -0.15) is 13.8 Å². The van der Waals surface area contributed by atoms with Gasteiger partial charge in [-0.05, 0) is 80.4 Å². The first kappa shape index (κ1) is 32.2. The summed E-state index contributed by atoms with van der Waals surface area (Å²) in [6.07, 6.45) is 0. The second-order valence-electron chi connectivity index (χ2n) is 9.97. The Hall–Kier alpha value is -5.72. The van der Waals surface area contributed by atoms with Gasteiger partial charge < -0.3 is 34.7 Å². The first-order valence-corrected chi connectivity index (χ1v) is 13.5. The quantitative estimate of drug-likeness (QED) is 0.106. The van der Waals surface area contributed by atoms with E-state index in [1.54, 1.807) is 34.9 Å². The van der Waals surface area contributed by atoms with Crippen molar-refractivity contribution in [3.8, 4) is 40.5 Å².